The van der Waals surface area contributed by atoms with Gasteiger partial charge in [0.25, 0.3) is 0 Å². The van der Waals surface area contributed by atoms with E-state index in [1.54, 1.807) is 0 Å². The van der Waals surface area contributed by atoms with E-state index < -0.39 is 5.31 Å². The van der Waals surface area contributed by atoms with Crippen molar-refractivity contribution in [1.82, 2.24) is 0 Å². The van der Waals surface area contributed by atoms with Crippen molar-refractivity contribution in [3.63, 3.8) is 0 Å². The first-order valence-corrected chi connectivity index (χ1v) is 8.24. The van der Waals surface area contributed by atoms with Crippen molar-refractivity contribution in [3.8, 4) is 0 Å². The van der Waals surface area contributed by atoms with Gasteiger partial charge in [0.15, 0.2) is 0 Å². The third kappa shape index (κ3) is 1.87. The predicted octanol–water partition coefficient (Wildman–Crippen LogP) is 3.83. The van der Waals surface area contributed by atoms with Crippen LogP contribution in [-0.4, -0.2) is 19.0 Å². The summed E-state index contributed by atoms with van der Waals surface area (Å²) in [4.78, 5) is 0. The minimum absolute atomic E-state index is 0.931. The zero-order chi connectivity index (χ0) is 8.02. The second kappa shape index (κ2) is 2.12. The molecule has 60 valence electrons. The molecule has 1 aliphatic rings. The van der Waals surface area contributed by atoms with Crippen molar-refractivity contribution in [2.24, 2.45) is 0 Å². The van der Waals surface area contributed by atoms with Gasteiger partial charge >= 0.3 is 71.8 Å². The van der Waals surface area contributed by atoms with Crippen LogP contribution in [0.5, 0.6) is 0 Å². The standard InChI is InChI=1S/C7H13Cl2P/c1-6-4-10(3,8,9)5-7(6)2/h4-5H2,1-3H3. The molecule has 0 bridgehead atoms. The first kappa shape index (κ1) is 8.84. The maximum atomic E-state index is 6.27. The summed E-state index contributed by atoms with van der Waals surface area (Å²) in [5.41, 5.74) is 2.79. The van der Waals surface area contributed by atoms with Gasteiger partial charge in [-0.15, -0.1) is 0 Å². The Balaban J connectivity index is 2.87. The van der Waals surface area contributed by atoms with Gasteiger partial charge in [-0.25, -0.2) is 0 Å². The number of hydrogen-bond donors (Lipinski definition) is 0. The van der Waals surface area contributed by atoms with Crippen LogP contribution in [0.4, 0.5) is 0 Å². The Morgan fingerprint density at radius 2 is 1.40 bits per heavy atom. The quantitative estimate of drug-likeness (QED) is 0.410. The number of rotatable bonds is 0. The molecule has 0 aromatic heterocycles. The van der Waals surface area contributed by atoms with Crippen LogP contribution in [0.3, 0.4) is 0 Å². The van der Waals surface area contributed by atoms with E-state index in [-0.39, 0.29) is 0 Å². The van der Waals surface area contributed by atoms with E-state index in [0.29, 0.717) is 0 Å². The van der Waals surface area contributed by atoms with Gasteiger partial charge in [0.05, 0.1) is 0 Å². The molecule has 3 heteroatoms. The van der Waals surface area contributed by atoms with Crippen molar-refractivity contribution >= 4 is 27.8 Å². The first-order valence-electron chi connectivity index (χ1n) is 3.37. The van der Waals surface area contributed by atoms with Crippen LogP contribution in [0.25, 0.3) is 0 Å². The molecule has 0 amide bonds. The molecule has 0 atom stereocenters. The molecule has 0 radical (unpaired) electrons. The fraction of sp³-hybridized carbons (Fsp3) is 0.714. The molecule has 1 aliphatic heterocycles. The summed E-state index contributed by atoms with van der Waals surface area (Å²) < 4.78 is 0. The fourth-order valence-electron chi connectivity index (χ4n) is 1.49. The molecule has 0 aliphatic carbocycles. The maximum absolute atomic E-state index is 6.27. The Hall–Kier alpha value is 0.750. The Bertz CT molecular complexity index is 179. The van der Waals surface area contributed by atoms with Crippen molar-refractivity contribution in [2.75, 3.05) is 19.0 Å². The zero-order valence-electron chi connectivity index (χ0n) is 6.62. The Labute approximate surface area is 72.1 Å². The van der Waals surface area contributed by atoms with Crippen molar-refractivity contribution < 1.29 is 0 Å². The fourth-order valence-corrected chi connectivity index (χ4v) is 6.63. The Morgan fingerprint density at radius 3 is 1.50 bits per heavy atom. The number of hydrogen-bond acceptors (Lipinski definition) is 0. The van der Waals surface area contributed by atoms with Gasteiger partial charge in [0.2, 0.25) is 0 Å². The molecule has 10 heavy (non-hydrogen) atoms. The third-order valence-corrected chi connectivity index (χ3v) is 5.92. The summed E-state index contributed by atoms with van der Waals surface area (Å²) in [5, 5.41) is -2.25. The van der Waals surface area contributed by atoms with Crippen LogP contribution in [-0.2, 0) is 0 Å². The number of halogens is 2. The van der Waals surface area contributed by atoms with Crippen LogP contribution in [0, 0.1) is 0 Å². The molecule has 0 aromatic carbocycles. The normalized spacial score (nSPS) is 33.5. The van der Waals surface area contributed by atoms with E-state index in [0.717, 1.165) is 12.3 Å². The van der Waals surface area contributed by atoms with E-state index in [1.807, 2.05) is 6.66 Å². The van der Waals surface area contributed by atoms with Crippen molar-refractivity contribution in [1.29, 1.82) is 0 Å². The summed E-state index contributed by atoms with van der Waals surface area (Å²) in [6, 6.07) is 0. The molecule has 0 spiro atoms. The van der Waals surface area contributed by atoms with Crippen LogP contribution in [0.15, 0.2) is 11.1 Å². The van der Waals surface area contributed by atoms with E-state index in [9.17, 15) is 0 Å². The van der Waals surface area contributed by atoms with Gasteiger partial charge in [-0.05, 0) is 0 Å². The van der Waals surface area contributed by atoms with Gasteiger partial charge in [-0.2, -0.15) is 0 Å². The number of allylic oxidation sites excluding steroid dienone is 2. The van der Waals surface area contributed by atoms with E-state index in [1.165, 1.54) is 11.1 Å². The Kier molecular flexibility index (Phi) is 1.88. The average Bonchev–Trinajstić information content (AvgIpc) is 1.74. The van der Waals surface area contributed by atoms with E-state index in [2.05, 4.69) is 13.8 Å². The van der Waals surface area contributed by atoms with E-state index in [4.69, 9.17) is 22.5 Å². The monoisotopic (exact) mass is 198 g/mol. The Morgan fingerprint density at radius 1 is 1.10 bits per heavy atom. The van der Waals surface area contributed by atoms with Crippen LogP contribution in [0.1, 0.15) is 13.8 Å². The van der Waals surface area contributed by atoms with Gasteiger partial charge in [0, 0.05) is 0 Å². The van der Waals surface area contributed by atoms with Gasteiger partial charge < -0.3 is 0 Å². The third-order valence-electron chi connectivity index (χ3n) is 1.98. The topological polar surface area (TPSA) is 0 Å². The molecule has 0 saturated heterocycles. The van der Waals surface area contributed by atoms with Crippen molar-refractivity contribution in [3.05, 3.63) is 11.1 Å². The van der Waals surface area contributed by atoms with Gasteiger partial charge in [-0.1, -0.05) is 0 Å². The molecular formula is C7H13Cl2P. The van der Waals surface area contributed by atoms with Crippen LogP contribution < -0.4 is 0 Å². The summed E-state index contributed by atoms with van der Waals surface area (Å²) in [5.74, 6) is 0. The first-order chi connectivity index (χ1) is 4.28. The summed E-state index contributed by atoms with van der Waals surface area (Å²) in [6.07, 6.45) is 1.86. The molecule has 0 aromatic rings. The van der Waals surface area contributed by atoms with Crippen molar-refractivity contribution in [2.45, 2.75) is 13.8 Å². The molecule has 1 heterocycles. The molecule has 1 rings (SSSR count). The molecule has 0 unspecified atom stereocenters. The zero-order valence-corrected chi connectivity index (χ0v) is 9.02. The summed E-state index contributed by atoms with van der Waals surface area (Å²) in [7, 11) is 0. The molecule has 0 N–H and O–H groups in total. The summed E-state index contributed by atoms with van der Waals surface area (Å²) in [6.45, 7) is 6.27. The molecular weight excluding hydrogens is 186 g/mol. The van der Waals surface area contributed by atoms with Crippen LogP contribution >= 0.6 is 27.8 Å². The minimum atomic E-state index is -2.25. The average molecular weight is 199 g/mol. The van der Waals surface area contributed by atoms with Gasteiger partial charge in [0.1, 0.15) is 0 Å². The SMILES string of the molecule is CC1=C(C)CP(C)(Cl)(Cl)C1. The molecule has 0 nitrogen and oxygen atoms in total. The predicted molar refractivity (Wildman–Crippen MR) is 52.7 cm³/mol. The van der Waals surface area contributed by atoms with Crippen LogP contribution in [0.2, 0.25) is 0 Å². The summed E-state index contributed by atoms with van der Waals surface area (Å²) >= 11 is 12.5. The molecule has 0 fully saturated rings. The second-order valence-electron chi connectivity index (χ2n) is 3.61. The second-order valence-corrected chi connectivity index (χ2v) is 14.1. The van der Waals surface area contributed by atoms with Gasteiger partial charge in [-0.3, -0.25) is 0 Å². The van der Waals surface area contributed by atoms with E-state index >= 15 is 0 Å². The molecule has 0 saturated carbocycles.